The molecule has 2 aromatic heterocycles. The molecule has 0 fully saturated rings. The minimum Gasteiger partial charge on any atom is -0.487 e. The lowest BCUT2D eigenvalue weighted by molar-refractivity contribution is 0.252. The molecule has 0 saturated heterocycles. The van der Waals surface area contributed by atoms with Gasteiger partial charge in [0.2, 0.25) is 0 Å². The van der Waals surface area contributed by atoms with Crippen molar-refractivity contribution in [1.82, 2.24) is 14.9 Å². The smallest absolute Gasteiger partial charge is 0.130 e. The molecule has 0 amide bonds. The van der Waals surface area contributed by atoms with Gasteiger partial charge in [-0.3, -0.25) is 9.88 Å². The van der Waals surface area contributed by atoms with Crippen molar-refractivity contribution in [2.75, 3.05) is 7.05 Å². The number of ether oxygens (including phenoxy) is 1. The van der Waals surface area contributed by atoms with Gasteiger partial charge in [-0.25, -0.2) is 4.98 Å². The first kappa shape index (κ1) is 18.6. The number of nitrogens with zero attached hydrogens (tertiary/aromatic N) is 3. The van der Waals surface area contributed by atoms with Gasteiger partial charge in [-0.1, -0.05) is 30.3 Å². The average Bonchev–Trinajstić information content (AvgIpc) is 3.17. The summed E-state index contributed by atoms with van der Waals surface area (Å²) in [4.78, 5) is 11.4. The molecule has 0 N–H and O–H groups in total. The standard InChI is InChI=1S/C23H23N3OS/c1-17(23-25-21-8-3-4-9-22(21)28-23)26(2)15-18-10-12-20(13-11-18)27-16-19-7-5-6-14-24-19/h3-14,17H,15-16H2,1-2H3/t17-/m1/s1. The van der Waals surface area contributed by atoms with Crippen LogP contribution >= 0.6 is 11.3 Å². The Bertz CT molecular complexity index is 998. The molecule has 0 spiro atoms. The second kappa shape index (κ2) is 8.50. The van der Waals surface area contributed by atoms with Crippen LogP contribution in [-0.2, 0) is 13.2 Å². The number of benzene rings is 2. The van der Waals surface area contributed by atoms with Crippen LogP contribution in [0.15, 0.2) is 72.9 Å². The summed E-state index contributed by atoms with van der Waals surface area (Å²) in [6.45, 7) is 3.55. The van der Waals surface area contributed by atoms with Crippen LogP contribution < -0.4 is 4.74 Å². The largest absolute Gasteiger partial charge is 0.487 e. The number of rotatable bonds is 7. The Labute approximate surface area is 169 Å². The highest BCUT2D eigenvalue weighted by Gasteiger charge is 2.16. The quantitative estimate of drug-likeness (QED) is 0.420. The summed E-state index contributed by atoms with van der Waals surface area (Å²) in [6.07, 6.45) is 1.78. The molecule has 0 aliphatic heterocycles. The molecule has 0 radical (unpaired) electrons. The summed E-state index contributed by atoms with van der Waals surface area (Å²) in [6, 6.07) is 22.7. The van der Waals surface area contributed by atoms with Crippen LogP contribution in [0.3, 0.4) is 0 Å². The first-order valence-electron chi connectivity index (χ1n) is 9.36. The highest BCUT2D eigenvalue weighted by molar-refractivity contribution is 7.18. The summed E-state index contributed by atoms with van der Waals surface area (Å²) >= 11 is 1.77. The maximum Gasteiger partial charge on any atom is 0.130 e. The highest BCUT2D eigenvalue weighted by atomic mass is 32.1. The van der Waals surface area contributed by atoms with Crippen molar-refractivity contribution >= 4 is 21.6 Å². The topological polar surface area (TPSA) is 38.2 Å². The number of hydrogen-bond acceptors (Lipinski definition) is 5. The fourth-order valence-corrected chi connectivity index (χ4v) is 4.10. The van der Waals surface area contributed by atoms with E-state index in [-0.39, 0.29) is 6.04 Å². The van der Waals surface area contributed by atoms with Crippen LogP contribution in [0.5, 0.6) is 5.75 Å². The average molecular weight is 390 g/mol. The number of thiazole rings is 1. The van der Waals surface area contributed by atoms with E-state index in [1.54, 1.807) is 17.5 Å². The van der Waals surface area contributed by atoms with E-state index in [1.807, 2.05) is 36.4 Å². The van der Waals surface area contributed by atoms with Gasteiger partial charge in [-0.05, 0) is 55.9 Å². The molecule has 28 heavy (non-hydrogen) atoms. The van der Waals surface area contributed by atoms with Crippen LogP contribution in [0, 0.1) is 0 Å². The highest BCUT2D eigenvalue weighted by Crippen LogP contribution is 2.29. The van der Waals surface area contributed by atoms with E-state index in [0.29, 0.717) is 6.61 Å². The predicted molar refractivity (Wildman–Crippen MR) is 115 cm³/mol. The molecule has 4 aromatic rings. The Kier molecular flexibility index (Phi) is 5.65. The van der Waals surface area contributed by atoms with Crippen LogP contribution in [0.4, 0.5) is 0 Å². The van der Waals surface area contributed by atoms with Crippen LogP contribution in [0.2, 0.25) is 0 Å². The Morgan fingerprint density at radius 3 is 2.54 bits per heavy atom. The van der Waals surface area contributed by atoms with E-state index in [9.17, 15) is 0 Å². The van der Waals surface area contributed by atoms with Gasteiger partial charge in [0.15, 0.2) is 0 Å². The van der Waals surface area contributed by atoms with E-state index in [0.717, 1.165) is 28.5 Å². The molecule has 0 aliphatic rings. The lowest BCUT2D eigenvalue weighted by atomic mass is 10.2. The van der Waals surface area contributed by atoms with Crippen molar-refractivity contribution in [3.63, 3.8) is 0 Å². The van der Waals surface area contributed by atoms with E-state index in [1.165, 1.54) is 10.3 Å². The van der Waals surface area contributed by atoms with Gasteiger partial charge >= 0.3 is 0 Å². The predicted octanol–water partition coefficient (Wildman–Crippen LogP) is 5.46. The van der Waals surface area contributed by atoms with Crippen LogP contribution in [0.1, 0.15) is 29.2 Å². The summed E-state index contributed by atoms with van der Waals surface area (Å²) in [5.41, 5.74) is 3.26. The lowest BCUT2D eigenvalue weighted by Gasteiger charge is -2.23. The molecule has 2 aromatic carbocycles. The summed E-state index contributed by atoms with van der Waals surface area (Å²) in [7, 11) is 2.14. The first-order chi connectivity index (χ1) is 13.7. The normalized spacial score (nSPS) is 12.4. The molecule has 0 unspecified atom stereocenters. The Morgan fingerprint density at radius 1 is 1.00 bits per heavy atom. The molecule has 0 saturated carbocycles. The van der Waals surface area contributed by atoms with E-state index >= 15 is 0 Å². The van der Waals surface area contributed by atoms with Crippen molar-refractivity contribution in [3.8, 4) is 5.75 Å². The van der Waals surface area contributed by atoms with E-state index in [2.05, 4.69) is 54.2 Å². The van der Waals surface area contributed by atoms with Crippen molar-refractivity contribution < 1.29 is 4.74 Å². The van der Waals surface area contributed by atoms with Crippen molar-refractivity contribution in [1.29, 1.82) is 0 Å². The monoisotopic (exact) mass is 389 g/mol. The minimum absolute atomic E-state index is 0.262. The number of hydrogen-bond donors (Lipinski definition) is 0. The maximum absolute atomic E-state index is 5.82. The number of pyridine rings is 1. The molecule has 4 rings (SSSR count). The van der Waals surface area contributed by atoms with Crippen molar-refractivity contribution in [2.24, 2.45) is 0 Å². The fraction of sp³-hybridized carbons (Fsp3) is 0.217. The zero-order valence-electron chi connectivity index (χ0n) is 16.1. The second-order valence-electron chi connectivity index (χ2n) is 6.86. The number of fused-ring (bicyclic) bond motifs is 1. The van der Waals surface area contributed by atoms with Crippen LogP contribution in [0.25, 0.3) is 10.2 Å². The van der Waals surface area contributed by atoms with Crippen molar-refractivity contribution in [3.05, 3.63) is 89.2 Å². The second-order valence-corrected chi connectivity index (χ2v) is 7.93. The third-order valence-electron chi connectivity index (χ3n) is 4.80. The van der Waals surface area contributed by atoms with Gasteiger partial charge in [-0.15, -0.1) is 11.3 Å². The van der Waals surface area contributed by atoms with Gasteiger partial charge < -0.3 is 4.74 Å². The zero-order chi connectivity index (χ0) is 19.3. The molecule has 4 nitrogen and oxygen atoms in total. The van der Waals surface area contributed by atoms with Gasteiger partial charge in [-0.2, -0.15) is 0 Å². The van der Waals surface area contributed by atoms with Gasteiger partial charge in [0.25, 0.3) is 0 Å². The minimum atomic E-state index is 0.262. The van der Waals surface area contributed by atoms with Crippen LogP contribution in [-0.4, -0.2) is 21.9 Å². The third-order valence-corrected chi connectivity index (χ3v) is 6.00. The van der Waals surface area contributed by atoms with Gasteiger partial charge in [0.05, 0.1) is 22.0 Å². The Balaban J connectivity index is 1.36. The Morgan fingerprint density at radius 2 is 1.79 bits per heavy atom. The van der Waals surface area contributed by atoms with E-state index < -0.39 is 0 Å². The zero-order valence-corrected chi connectivity index (χ0v) is 16.9. The summed E-state index contributed by atoms with van der Waals surface area (Å²) < 4.78 is 7.06. The molecular formula is C23H23N3OS. The first-order valence-corrected chi connectivity index (χ1v) is 10.2. The van der Waals surface area contributed by atoms with Gasteiger partial charge in [0, 0.05) is 12.7 Å². The fourth-order valence-electron chi connectivity index (χ4n) is 3.01. The van der Waals surface area contributed by atoms with Gasteiger partial charge in [0.1, 0.15) is 17.4 Å². The molecule has 2 heterocycles. The summed E-state index contributed by atoms with van der Waals surface area (Å²) in [5, 5.41) is 1.15. The maximum atomic E-state index is 5.82. The summed E-state index contributed by atoms with van der Waals surface area (Å²) in [5.74, 6) is 0.858. The molecular weight excluding hydrogens is 366 g/mol. The number of para-hydroxylation sites is 1. The molecule has 1 atom stereocenters. The van der Waals surface area contributed by atoms with E-state index in [4.69, 9.17) is 9.72 Å². The molecule has 142 valence electrons. The van der Waals surface area contributed by atoms with Crippen molar-refractivity contribution in [2.45, 2.75) is 26.1 Å². The Hall–Kier alpha value is -2.76. The molecule has 0 aliphatic carbocycles. The lowest BCUT2D eigenvalue weighted by Crippen LogP contribution is -2.21. The number of aromatic nitrogens is 2. The molecule has 5 heteroatoms. The third kappa shape index (κ3) is 4.38. The molecule has 0 bridgehead atoms. The SMILES string of the molecule is C[C@H](c1nc2ccccc2s1)N(C)Cc1ccc(OCc2ccccn2)cc1.